The molecular formula is C18H16O. The van der Waals surface area contributed by atoms with Gasteiger partial charge in [-0.2, -0.15) is 0 Å². The van der Waals surface area contributed by atoms with Crippen molar-refractivity contribution in [1.82, 2.24) is 0 Å². The number of fused-ring (bicyclic) bond motifs is 1. The predicted octanol–water partition coefficient (Wildman–Crippen LogP) is 5.44. The molecular weight excluding hydrogens is 232 g/mol. The number of rotatable bonds is 2. The van der Waals surface area contributed by atoms with Crippen LogP contribution in [0.2, 0.25) is 0 Å². The summed E-state index contributed by atoms with van der Waals surface area (Å²) in [5, 5.41) is 1.13. The van der Waals surface area contributed by atoms with E-state index in [0.717, 1.165) is 33.4 Å². The van der Waals surface area contributed by atoms with Crippen LogP contribution in [0, 0.1) is 6.92 Å². The maximum Gasteiger partial charge on any atom is 0.143 e. The molecule has 1 heterocycles. The van der Waals surface area contributed by atoms with Gasteiger partial charge in [0.25, 0.3) is 0 Å². The molecule has 0 saturated carbocycles. The SMILES string of the molecule is C=C(C)c1c(-c2ccccc2C)oc2ccccc12. The highest BCUT2D eigenvalue weighted by atomic mass is 16.3. The molecule has 0 aliphatic heterocycles. The summed E-state index contributed by atoms with van der Waals surface area (Å²) in [6.07, 6.45) is 0. The van der Waals surface area contributed by atoms with E-state index in [0.29, 0.717) is 0 Å². The van der Waals surface area contributed by atoms with E-state index in [-0.39, 0.29) is 0 Å². The van der Waals surface area contributed by atoms with Crippen LogP contribution in [0.4, 0.5) is 0 Å². The molecule has 0 aliphatic carbocycles. The number of hydrogen-bond donors (Lipinski definition) is 0. The number of hydrogen-bond acceptors (Lipinski definition) is 1. The Labute approximate surface area is 113 Å². The van der Waals surface area contributed by atoms with Crippen LogP contribution >= 0.6 is 0 Å². The highest BCUT2D eigenvalue weighted by Crippen LogP contribution is 2.38. The molecule has 94 valence electrons. The molecule has 3 aromatic rings. The van der Waals surface area contributed by atoms with Crippen molar-refractivity contribution in [2.45, 2.75) is 13.8 Å². The van der Waals surface area contributed by atoms with E-state index >= 15 is 0 Å². The highest BCUT2D eigenvalue weighted by molar-refractivity contribution is 5.97. The molecule has 0 radical (unpaired) electrons. The first kappa shape index (κ1) is 11.8. The first-order valence-corrected chi connectivity index (χ1v) is 6.42. The van der Waals surface area contributed by atoms with E-state index < -0.39 is 0 Å². The Bertz CT molecular complexity index is 762. The second-order valence-corrected chi connectivity index (χ2v) is 4.90. The Morgan fingerprint density at radius 2 is 1.68 bits per heavy atom. The van der Waals surface area contributed by atoms with Crippen LogP contribution in [0.5, 0.6) is 0 Å². The van der Waals surface area contributed by atoms with Gasteiger partial charge in [0.2, 0.25) is 0 Å². The van der Waals surface area contributed by atoms with Crippen molar-refractivity contribution in [2.24, 2.45) is 0 Å². The summed E-state index contributed by atoms with van der Waals surface area (Å²) in [6, 6.07) is 16.4. The van der Waals surface area contributed by atoms with Gasteiger partial charge in [-0.15, -0.1) is 0 Å². The molecule has 1 heteroatoms. The van der Waals surface area contributed by atoms with Gasteiger partial charge in [0.05, 0.1) is 0 Å². The monoisotopic (exact) mass is 248 g/mol. The molecule has 19 heavy (non-hydrogen) atoms. The van der Waals surface area contributed by atoms with E-state index in [1.807, 2.05) is 37.3 Å². The number of furan rings is 1. The summed E-state index contributed by atoms with van der Waals surface area (Å²) in [7, 11) is 0. The topological polar surface area (TPSA) is 13.1 Å². The molecule has 2 aromatic carbocycles. The van der Waals surface area contributed by atoms with E-state index in [1.54, 1.807) is 0 Å². The number of benzene rings is 2. The van der Waals surface area contributed by atoms with Crippen molar-refractivity contribution < 1.29 is 4.42 Å². The third kappa shape index (κ3) is 1.88. The zero-order chi connectivity index (χ0) is 13.4. The van der Waals surface area contributed by atoms with E-state index in [4.69, 9.17) is 4.42 Å². The molecule has 0 fully saturated rings. The number of aryl methyl sites for hydroxylation is 1. The molecule has 0 amide bonds. The maximum absolute atomic E-state index is 6.07. The fourth-order valence-corrected chi connectivity index (χ4v) is 2.49. The average molecular weight is 248 g/mol. The van der Waals surface area contributed by atoms with Gasteiger partial charge in [0.15, 0.2) is 0 Å². The van der Waals surface area contributed by atoms with Crippen molar-refractivity contribution >= 4 is 16.5 Å². The lowest BCUT2D eigenvalue weighted by atomic mass is 9.98. The summed E-state index contributed by atoms with van der Waals surface area (Å²) in [5.41, 5.74) is 5.41. The van der Waals surface area contributed by atoms with Crippen LogP contribution < -0.4 is 0 Å². The third-order valence-electron chi connectivity index (χ3n) is 3.41. The smallest absolute Gasteiger partial charge is 0.143 e. The summed E-state index contributed by atoms with van der Waals surface area (Å²) < 4.78 is 6.07. The van der Waals surface area contributed by atoms with Gasteiger partial charge in [-0.05, 0) is 31.1 Å². The molecule has 0 N–H and O–H groups in total. The second kappa shape index (κ2) is 4.43. The van der Waals surface area contributed by atoms with Crippen LogP contribution in [-0.2, 0) is 0 Å². The molecule has 0 spiro atoms. The van der Waals surface area contributed by atoms with Crippen LogP contribution in [0.25, 0.3) is 27.9 Å². The zero-order valence-corrected chi connectivity index (χ0v) is 11.2. The lowest BCUT2D eigenvalue weighted by molar-refractivity contribution is 0.630. The molecule has 0 bridgehead atoms. The minimum atomic E-state index is 0.916. The lowest BCUT2D eigenvalue weighted by Gasteiger charge is -2.05. The van der Waals surface area contributed by atoms with Crippen LogP contribution in [0.1, 0.15) is 18.1 Å². The van der Waals surface area contributed by atoms with Gasteiger partial charge in [-0.1, -0.05) is 49.0 Å². The number of allylic oxidation sites excluding steroid dienone is 1. The Morgan fingerprint density at radius 1 is 1.00 bits per heavy atom. The summed E-state index contributed by atoms with van der Waals surface area (Å²) in [6.45, 7) is 8.23. The average Bonchev–Trinajstić information content (AvgIpc) is 2.78. The Balaban J connectivity index is 2.38. The summed E-state index contributed by atoms with van der Waals surface area (Å²) in [5.74, 6) is 0.923. The minimum absolute atomic E-state index is 0.916. The zero-order valence-electron chi connectivity index (χ0n) is 11.2. The molecule has 3 rings (SSSR count). The Hall–Kier alpha value is -2.28. The van der Waals surface area contributed by atoms with Gasteiger partial charge in [-0.25, -0.2) is 0 Å². The second-order valence-electron chi connectivity index (χ2n) is 4.90. The molecule has 0 saturated heterocycles. The molecule has 0 atom stereocenters. The van der Waals surface area contributed by atoms with Crippen LogP contribution in [-0.4, -0.2) is 0 Å². The third-order valence-corrected chi connectivity index (χ3v) is 3.41. The minimum Gasteiger partial charge on any atom is -0.455 e. The fourth-order valence-electron chi connectivity index (χ4n) is 2.49. The van der Waals surface area contributed by atoms with Crippen molar-refractivity contribution in [3.63, 3.8) is 0 Å². The lowest BCUT2D eigenvalue weighted by Crippen LogP contribution is -1.85. The fraction of sp³-hybridized carbons (Fsp3) is 0.111. The first-order valence-electron chi connectivity index (χ1n) is 6.42. The van der Waals surface area contributed by atoms with Crippen LogP contribution in [0.15, 0.2) is 59.5 Å². The van der Waals surface area contributed by atoms with Crippen molar-refractivity contribution in [3.8, 4) is 11.3 Å². The predicted molar refractivity (Wildman–Crippen MR) is 81.1 cm³/mol. The first-order chi connectivity index (χ1) is 9.18. The standard InChI is InChI=1S/C18H16O/c1-12(2)17-15-10-6-7-11-16(15)19-18(17)14-9-5-4-8-13(14)3/h4-11H,1H2,2-3H3. The van der Waals surface area contributed by atoms with Gasteiger partial charge in [0, 0.05) is 16.5 Å². The molecule has 0 aliphatic rings. The maximum atomic E-state index is 6.07. The summed E-state index contributed by atoms with van der Waals surface area (Å²) in [4.78, 5) is 0. The highest BCUT2D eigenvalue weighted by Gasteiger charge is 2.16. The quantitative estimate of drug-likeness (QED) is 0.588. The van der Waals surface area contributed by atoms with Gasteiger partial charge in [0.1, 0.15) is 11.3 Å². The molecule has 1 aromatic heterocycles. The van der Waals surface area contributed by atoms with Crippen molar-refractivity contribution in [3.05, 3.63) is 66.2 Å². The Kier molecular flexibility index (Phi) is 2.75. The van der Waals surface area contributed by atoms with E-state index in [9.17, 15) is 0 Å². The number of para-hydroxylation sites is 1. The van der Waals surface area contributed by atoms with Gasteiger partial charge >= 0.3 is 0 Å². The van der Waals surface area contributed by atoms with E-state index in [1.165, 1.54) is 5.56 Å². The molecule has 1 nitrogen and oxygen atoms in total. The van der Waals surface area contributed by atoms with Gasteiger partial charge in [-0.3, -0.25) is 0 Å². The van der Waals surface area contributed by atoms with Crippen molar-refractivity contribution in [2.75, 3.05) is 0 Å². The Morgan fingerprint density at radius 3 is 2.42 bits per heavy atom. The molecule has 0 unspecified atom stereocenters. The van der Waals surface area contributed by atoms with Crippen molar-refractivity contribution in [1.29, 1.82) is 0 Å². The van der Waals surface area contributed by atoms with E-state index in [2.05, 4.69) is 31.7 Å². The van der Waals surface area contributed by atoms with Gasteiger partial charge < -0.3 is 4.42 Å². The summed E-state index contributed by atoms with van der Waals surface area (Å²) >= 11 is 0. The normalized spacial score (nSPS) is 10.8. The van der Waals surface area contributed by atoms with Crippen LogP contribution in [0.3, 0.4) is 0 Å². The largest absolute Gasteiger partial charge is 0.455 e.